The highest BCUT2D eigenvalue weighted by atomic mass is 16.2. The van der Waals surface area contributed by atoms with Crippen molar-refractivity contribution in [3.8, 4) is 0 Å². The molecule has 0 saturated carbocycles. The van der Waals surface area contributed by atoms with Crippen LogP contribution >= 0.6 is 0 Å². The van der Waals surface area contributed by atoms with Crippen molar-refractivity contribution in [3.63, 3.8) is 0 Å². The molecule has 4 rings (SSSR count). The van der Waals surface area contributed by atoms with E-state index in [1.807, 2.05) is 17.0 Å². The molecule has 1 atom stereocenters. The smallest absolute Gasteiger partial charge is 0.225 e. The normalized spacial score (nSPS) is 23.5. The van der Waals surface area contributed by atoms with Gasteiger partial charge in [0.2, 0.25) is 5.91 Å². The number of rotatable bonds is 1. The van der Waals surface area contributed by atoms with Gasteiger partial charge < -0.3 is 10.2 Å². The number of carbonyl (C=O) groups excluding carboxylic acids is 1. The SMILES string of the molecule is Cc1ccc([C@@]23CCC(=O)N2Cc2ccccc2N3)cc1. The van der Waals surface area contributed by atoms with Gasteiger partial charge in [0.05, 0.1) is 6.54 Å². The molecule has 2 aromatic rings. The van der Waals surface area contributed by atoms with Crippen LogP contribution in [-0.4, -0.2) is 10.8 Å². The number of aryl methyl sites for hydroxylation is 1. The van der Waals surface area contributed by atoms with Gasteiger partial charge in [0, 0.05) is 18.5 Å². The first kappa shape index (κ1) is 12.5. The molecule has 2 aromatic carbocycles. The summed E-state index contributed by atoms with van der Waals surface area (Å²) in [5, 5.41) is 3.64. The van der Waals surface area contributed by atoms with Gasteiger partial charge >= 0.3 is 0 Å². The number of nitrogens with one attached hydrogen (secondary N) is 1. The Morgan fingerprint density at radius 3 is 2.67 bits per heavy atom. The summed E-state index contributed by atoms with van der Waals surface area (Å²) in [6, 6.07) is 16.8. The third kappa shape index (κ3) is 1.77. The van der Waals surface area contributed by atoms with Crippen molar-refractivity contribution in [3.05, 3.63) is 65.2 Å². The summed E-state index contributed by atoms with van der Waals surface area (Å²) in [7, 11) is 0. The topological polar surface area (TPSA) is 32.3 Å². The predicted octanol–water partition coefficient (Wildman–Crippen LogP) is 3.40. The lowest BCUT2D eigenvalue weighted by atomic mass is 9.92. The highest BCUT2D eigenvalue weighted by molar-refractivity contribution is 5.82. The Morgan fingerprint density at radius 1 is 1.10 bits per heavy atom. The number of anilines is 1. The summed E-state index contributed by atoms with van der Waals surface area (Å²) in [6.45, 7) is 2.78. The summed E-state index contributed by atoms with van der Waals surface area (Å²) < 4.78 is 0. The Labute approximate surface area is 124 Å². The Kier molecular flexibility index (Phi) is 2.58. The quantitative estimate of drug-likeness (QED) is 0.867. The molecule has 0 radical (unpaired) electrons. The molecule has 0 unspecified atom stereocenters. The second-order valence-electron chi connectivity index (χ2n) is 5.99. The third-order valence-corrected chi connectivity index (χ3v) is 4.68. The number of fused-ring (bicyclic) bond motifs is 2. The summed E-state index contributed by atoms with van der Waals surface area (Å²) >= 11 is 0. The van der Waals surface area contributed by atoms with Gasteiger partial charge in [-0.1, -0.05) is 48.0 Å². The Morgan fingerprint density at radius 2 is 1.86 bits per heavy atom. The van der Waals surface area contributed by atoms with Crippen LogP contribution in [-0.2, 0) is 17.0 Å². The summed E-state index contributed by atoms with van der Waals surface area (Å²) in [5.41, 5.74) is 4.37. The van der Waals surface area contributed by atoms with Gasteiger partial charge in [0.25, 0.3) is 0 Å². The molecule has 2 aliphatic heterocycles. The lowest BCUT2D eigenvalue weighted by Gasteiger charge is -2.44. The number of para-hydroxylation sites is 1. The van der Waals surface area contributed by atoms with Crippen LogP contribution in [0.1, 0.15) is 29.5 Å². The Balaban J connectivity index is 1.85. The van der Waals surface area contributed by atoms with E-state index in [-0.39, 0.29) is 11.6 Å². The fourth-order valence-electron chi connectivity index (χ4n) is 3.50. The average Bonchev–Trinajstić information content (AvgIpc) is 2.83. The Hall–Kier alpha value is -2.29. The van der Waals surface area contributed by atoms with Crippen molar-refractivity contribution in [2.24, 2.45) is 0 Å². The fourth-order valence-corrected chi connectivity index (χ4v) is 3.50. The molecule has 21 heavy (non-hydrogen) atoms. The molecule has 0 spiro atoms. The van der Waals surface area contributed by atoms with Crippen molar-refractivity contribution in [2.45, 2.75) is 32.0 Å². The largest absolute Gasteiger partial charge is 0.359 e. The standard InChI is InChI=1S/C18H18N2O/c1-13-6-8-15(9-7-13)18-11-10-17(21)20(18)12-14-4-2-3-5-16(14)19-18/h2-9,19H,10-12H2,1H3/t18-/m1/s1. The zero-order valence-electron chi connectivity index (χ0n) is 12.1. The molecule has 1 fully saturated rings. The zero-order valence-corrected chi connectivity index (χ0v) is 12.1. The molecule has 106 valence electrons. The molecule has 1 amide bonds. The van der Waals surface area contributed by atoms with Gasteiger partial charge in [-0.25, -0.2) is 0 Å². The summed E-state index contributed by atoms with van der Waals surface area (Å²) in [5.74, 6) is 0.234. The van der Waals surface area contributed by atoms with E-state index < -0.39 is 0 Å². The summed E-state index contributed by atoms with van der Waals surface area (Å²) in [4.78, 5) is 14.3. The van der Waals surface area contributed by atoms with Gasteiger partial charge in [-0.2, -0.15) is 0 Å². The van der Waals surface area contributed by atoms with Gasteiger partial charge in [-0.05, 0) is 24.1 Å². The number of amides is 1. The van der Waals surface area contributed by atoms with Crippen LogP contribution in [0.3, 0.4) is 0 Å². The van der Waals surface area contributed by atoms with Gasteiger partial charge in [-0.15, -0.1) is 0 Å². The van der Waals surface area contributed by atoms with E-state index in [4.69, 9.17) is 0 Å². The van der Waals surface area contributed by atoms with E-state index in [0.717, 1.165) is 12.1 Å². The average molecular weight is 278 g/mol. The number of benzene rings is 2. The lowest BCUT2D eigenvalue weighted by Crippen LogP contribution is -2.51. The second-order valence-corrected chi connectivity index (χ2v) is 5.99. The molecular weight excluding hydrogens is 260 g/mol. The molecule has 1 saturated heterocycles. The molecular formula is C18H18N2O. The highest BCUT2D eigenvalue weighted by Crippen LogP contribution is 2.45. The van der Waals surface area contributed by atoms with Crippen LogP contribution in [0, 0.1) is 6.92 Å². The number of hydrogen-bond acceptors (Lipinski definition) is 2. The third-order valence-electron chi connectivity index (χ3n) is 4.68. The first-order chi connectivity index (χ1) is 10.2. The maximum absolute atomic E-state index is 12.3. The maximum atomic E-state index is 12.3. The summed E-state index contributed by atoms with van der Waals surface area (Å²) in [6.07, 6.45) is 1.43. The molecule has 2 aliphatic rings. The van der Waals surface area contributed by atoms with Crippen molar-refractivity contribution in [2.75, 3.05) is 5.32 Å². The molecule has 3 heteroatoms. The first-order valence-corrected chi connectivity index (χ1v) is 7.43. The van der Waals surface area contributed by atoms with Crippen LogP contribution < -0.4 is 5.32 Å². The predicted molar refractivity (Wildman–Crippen MR) is 82.7 cm³/mol. The highest BCUT2D eigenvalue weighted by Gasteiger charge is 2.49. The number of carbonyl (C=O) groups is 1. The first-order valence-electron chi connectivity index (χ1n) is 7.43. The van der Waals surface area contributed by atoms with E-state index in [1.165, 1.54) is 16.7 Å². The Bertz CT molecular complexity index is 707. The second kappa shape index (κ2) is 4.35. The number of nitrogens with zero attached hydrogens (tertiary/aromatic N) is 1. The van der Waals surface area contributed by atoms with E-state index in [1.54, 1.807) is 0 Å². The fraction of sp³-hybridized carbons (Fsp3) is 0.278. The molecule has 0 bridgehead atoms. The molecule has 1 N–H and O–H groups in total. The van der Waals surface area contributed by atoms with Crippen molar-refractivity contribution < 1.29 is 4.79 Å². The van der Waals surface area contributed by atoms with E-state index in [9.17, 15) is 4.79 Å². The molecule has 0 aliphatic carbocycles. The van der Waals surface area contributed by atoms with Crippen LogP contribution in [0.15, 0.2) is 48.5 Å². The van der Waals surface area contributed by atoms with Crippen molar-refractivity contribution in [1.29, 1.82) is 0 Å². The lowest BCUT2D eigenvalue weighted by molar-refractivity contribution is -0.131. The van der Waals surface area contributed by atoms with Crippen LogP contribution in [0.4, 0.5) is 5.69 Å². The van der Waals surface area contributed by atoms with Gasteiger partial charge in [-0.3, -0.25) is 4.79 Å². The van der Waals surface area contributed by atoms with Crippen LogP contribution in [0.5, 0.6) is 0 Å². The van der Waals surface area contributed by atoms with E-state index in [0.29, 0.717) is 13.0 Å². The maximum Gasteiger partial charge on any atom is 0.225 e. The monoisotopic (exact) mass is 278 g/mol. The van der Waals surface area contributed by atoms with Crippen LogP contribution in [0.25, 0.3) is 0 Å². The van der Waals surface area contributed by atoms with Gasteiger partial charge in [0.15, 0.2) is 0 Å². The van der Waals surface area contributed by atoms with E-state index in [2.05, 4.69) is 48.6 Å². The minimum absolute atomic E-state index is 0.234. The molecule has 2 heterocycles. The van der Waals surface area contributed by atoms with Crippen molar-refractivity contribution >= 4 is 11.6 Å². The van der Waals surface area contributed by atoms with Gasteiger partial charge in [0.1, 0.15) is 5.66 Å². The zero-order chi connectivity index (χ0) is 14.4. The van der Waals surface area contributed by atoms with E-state index >= 15 is 0 Å². The number of hydrogen-bond donors (Lipinski definition) is 1. The van der Waals surface area contributed by atoms with Crippen molar-refractivity contribution in [1.82, 2.24) is 4.90 Å². The minimum Gasteiger partial charge on any atom is -0.359 e. The molecule has 3 nitrogen and oxygen atoms in total. The molecule has 0 aromatic heterocycles. The van der Waals surface area contributed by atoms with Crippen LogP contribution in [0.2, 0.25) is 0 Å². The minimum atomic E-state index is -0.376.